The molecule has 8 heteroatoms. The minimum Gasteiger partial charge on any atom is -0.486 e. The number of amides is 1. The average Bonchev–Trinajstić information content (AvgIpc) is 2.68. The summed E-state index contributed by atoms with van der Waals surface area (Å²) in [5.74, 6) is 0.628. The van der Waals surface area contributed by atoms with Crippen LogP contribution in [-0.2, 0) is 14.8 Å². The zero-order valence-electron chi connectivity index (χ0n) is 17.9. The third-order valence-electron chi connectivity index (χ3n) is 5.26. The Labute approximate surface area is 178 Å². The molecule has 0 bridgehead atoms. The molecule has 162 valence electrons. The van der Waals surface area contributed by atoms with E-state index in [0.29, 0.717) is 30.4 Å². The molecule has 0 aliphatic carbocycles. The summed E-state index contributed by atoms with van der Waals surface area (Å²) in [6.45, 7) is 8.32. The molecule has 0 radical (unpaired) electrons. The van der Waals surface area contributed by atoms with Gasteiger partial charge >= 0.3 is 0 Å². The molecule has 2 aromatic rings. The van der Waals surface area contributed by atoms with Crippen molar-refractivity contribution in [2.24, 2.45) is 0 Å². The number of hydrogen-bond donors (Lipinski definition) is 1. The molecule has 3 rings (SSSR count). The maximum absolute atomic E-state index is 13.0. The third kappa shape index (κ3) is 4.70. The van der Waals surface area contributed by atoms with Crippen LogP contribution in [0.25, 0.3) is 0 Å². The van der Waals surface area contributed by atoms with Crippen LogP contribution < -0.4 is 19.1 Å². The highest BCUT2D eigenvalue weighted by Crippen LogP contribution is 2.35. The number of fused-ring (bicyclic) bond motifs is 1. The molecular weight excluding hydrogens is 404 g/mol. The highest BCUT2D eigenvalue weighted by atomic mass is 32.2. The highest BCUT2D eigenvalue weighted by Gasteiger charge is 2.31. The van der Waals surface area contributed by atoms with Gasteiger partial charge in [0.1, 0.15) is 19.3 Å². The fourth-order valence-corrected chi connectivity index (χ4v) is 4.60. The Morgan fingerprint density at radius 3 is 2.30 bits per heavy atom. The zero-order valence-corrected chi connectivity index (χ0v) is 18.7. The Bertz CT molecular complexity index is 1050. The van der Waals surface area contributed by atoms with Crippen molar-refractivity contribution in [1.82, 2.24) is 5.32 Å². The number of benzene rings is 2. The molecule has 1 amide bonds. The Balaban J connectivity index is 1.84. The minimum absolute atomic E-state index is 0.263. The number of anilines is 1. The Hall–Kier alpha value is -2.74. The van der Waals surface area contributed by atoms with Gasteiger partial charge in [-0.15, -0.1) is 0 Å². The van der Waals surface area contributed by atoms with Crippen LogP contribution in [0.4, 0.5) is 5.69 Å². The van der Waals surface area contributed by atoms with E-state index in [9.17, 15) is 13.2 Å². The molecule has 7 nitrogen and oxygen atoms in total. The lowest BCUT2D eigenvalue weighted by atomic mass is 10.0. The number of rotatable bonds is 6. The molecular formula is C22H28N2O5S. The lowest BCUT2D eigenvalue weighted by Gasteiger charge is -2.30. The van der Waals surface area contributed by atoms with Gasteiger partial charge in [-0.25, -0.2) is 8.42 Å². The molecule has 1 aliphatic heterocycles. The summed E-state index contributed by atoms with van der Waals surface area (Å²) in [5, 5.41) is 2.93. The van der Waals surface area contributed by atoms with E-state index in [4.69, 9.17) is 9.47 Å². The molecule has 1 N–H and O–H groups in total. The number of ether oxygens (including phenoxy) is 2. The van der Waals surface area contributed by atoms with E-state index in [1.165, 1.54) is 5.56 Å². The lowest BCUT2D eigenvalue weighted by Crippen LogP contribution is -2.48. The van der Waals surface area contributed by atoms with Crippen LogP contribution in [-0.4, -0.2) is 39.8 Å². The van der Waals surface area contributed by atoms with E-state index in [2.05, 4.69) is 5.32 Å². The van der Waals surface area contributed by atoms with Crippen LogP contribution in [0.15, 0.2) is 36.4 Å². The fourth-order valence-electron chi connectivity index (χ4n) is 3.43. The minimum atomic E-state index is -3.73. The quantitative estimate of drug-likeness (QED) is 0.758. The average molecular weight is 433 g/mol. The summed E-state index contributed by atoms with van der Waals surface area (Å²) in [7, 11) is -3.73. The summed E-state index contributed by atoms with van der Waals surface area (Å²) >= 11 is 0. The van der Waals surface area contributed by atoms with Crippen LogP contribution in [0.1, 0.15) is 36.6 Å². The maximum Gasteiger partial charge on any atom is 0.244 e. The van der Waals surface area contributed by atoms with Gasteiger partial charge < -0.3 is 14.8 Å². The molecule has 2 aromatic carbocycles. The van der Waals surface area contributed by atoms with Crippen LogP contribution >= 0.6 is 0 Å². The van der Waals surface area contributed by atoms with Gasteiger partial charge in [0, 0.05) is 6.07 Å². The topological polar surface area (TPSA) is 84.9 Å². The zero-order chi connectivity index (χ0) is 22.1. The molecule has 0 saturated carbocycles. The van der Waals surface area contributed by atoms with Gasteiger partial charge in [-0.3, -0.25) is 9.10 Å². The van der Waals surface area contributed by atoms with E-state index in [0.717, 1.165) is 21.7 Å². The predicted molar refractivity (Wildman–Crippen MR) is 117 cm³/mol. The number of aryl methyl sites for hydroxylation is 2. The molecule has 1 heterocycles. The number of carbonyl (C=O) groups excluding carboxylic acids is 1. The number of sulfonamides is 1. The number of nitrogens with one attached hydrogen (secondary N) is 1. The standard InChI is InChI=1S/C22H28N2O5S/c1-14-6-7-18(12-15(14)2)16(3)23-22(25)17(4)24(30(5,26)27)19-8-9-20-21(13-19)29-11-10-28-20/h6-9,12-13,16-17H,10-11H2,1-5H3,(H,23,25). The molecule has 1 aliphatic rings. The summed E-state index contributed by atoms with van der Waals surface area (Å²) in [5.41, 5.74) is 3.62. The summed E-state index contributed by atoms with van der Waals surface area (Å²) in [4.78, 5) is 13.0. The molecule has 2 atom stereocenters. The van der Waals surface area contributed by atoms with Gasteiger partial charge in [-0.1, -0.05) is 18.2 Å². The molecule has 2 unspecified atom stereocenters. The summed E-state index contributed by atoms with van der Waals surface area (Å²) < 4.78 is 37.3. The number of hydrogen-bond acceptors (Lipinski definition) is 5. The Morgan fingerprint density at radius 1 is 1.00 bits per heavy atom. The number of nitrogens with zero attached hydrogens (tertiary/aromatic N) is 1. The second-order valence-electron chi connectivity index (χ2n) is 7.64. The summed E-state index contributed by atoms with van der Waals surface area (Å²) in [6, 6.07) is 9.65. The van der Waals surface area contributed by atoms with E-state index < -0.39 is 16.1 Å². The van der Waals surface area contributed by atoms with Crippen molar-refractivity contribution >= 4 is 21.6 Å². The van der Waals surface area contributed by atoms with Crippen molar-refractivity contribution in [1.29, 1.82) is 0 Å². The normalized spacial score (nSPS) is 15.2. The first-order chi connectivity index (χ1) is 14.1. The van der Waals surface area contributed by atoms with Crippen molar-refractivity contribution in [3.8, 4) is 11.5 Å². The Kier molecular flexibility index (Phi) is 6.26. The van der Waals surface area contributed by atoms with Crippen molar-refractivity contribution < 1.29 is 22.7 Å². The molecule has 0 fully saturated rings. The van der Waals surface area contributed by atoms with E-state index in [-0.39, 0.29) is 11.9 Å². The second kappa shape index (κ2) is 8.55. The smallest absolute Gasteiger partial charge is 0.244 e. The molecule has 0 spiro atoms. The highest BCUT2D eigenvalue weighted by molar-refractivity contribution is 7.92. The van der Waals surface area contributed by atoms with Crippen LogP contribution in [0.2, 0.25) is 0 Å². The Morgan fingerprint density at radius 2 is 1.67 bits per heavy atom. The van der Waals surface area contributed by atoms with E-state index in [1.807, 2.05) is 39.0 Å². The van der Waals surface area contributed by atoms with Crippen LogP contribution in [0, 0.1) is 13.8 Å². The maximum atomic E-state index is 13.0. The van der Waals surface area contributed by atoms with Crippen LogP contribution in [0.3, 0.4) is 0 Å². The van der Waals surface area contributed by atoms with Crippen molar-refractivity contribution in [2.75, 3.05) is 23.8 Å². The van der Waals surface area contributed by atoms with Crippen molar-refractivity contribution in [3.05, 3.63) is 53.1 Å². The monoisotopic (exact) mass is 432 g/mol. The van der Waals surface area contributed by atoms with Gasteiger partial charge in [-0.05, 0) is 56.5 Å². The predicted octanol–water partition coefficient (Wildman–Crippen LogP) is 3.11. The van der Waals surface area contributed by atoms with Gasteiger partial charge in [-0.2, -0.15) is 0 Å². The first kappa shape index (κ1) is 22.0. The fraction of sp³-hybridized carbons (Fsp3) is 0.409. The molecule has 0 saturated heterocycles. The lowest BCUT2D eigenvalue weighted by molar-refractivity contribution is -0.122. The van der Waals surface area contributed by atoms with E-state index >= 15 is 0 Å². The molecule has 0 aromatic heterocycles. The first-order valence-electron chi connectivity index (χ1n) is 9.84. The van der Waals surface area contributed by atoms with Crippen LogP contribution in [0.5, 0.6) is 11.5 Å². The van der Waals surface area contributed by atoms with Gasteiger partial charge in [0.2, 0.25) is 15.9 Å². The number of carbonyl (C=O) groups is 1. The first-order valence-corrected chi connectivity index (χ1v) is 11.7. The largest absolute Gasteiger partial charge is 0.486 e. The molecule has 30 heavy (non-hydrogen) atoms. The third-order valence-corrected chi connectivity index (χ3v) is 6.50. The summed E-state index contributed by atoms with van der Waals surface area (Å²) in [6.07, 6.45) is 1.08. The SMILES string of the molecule is Cc1ccc(C(C)NC(=O)C(C)N(c2ccc3c(c2)OCCO3)S(C)(=O)=O)cc1C. The van der Waals surface area contributed by atoms with Gasteiger partial charge in [0.05, 0.1) is 18.0 Å². The van der Waals surface area contributed by atoms with Crippen molar-refractivity contribution in [2.45, 2.75) is 39.8 Å². The van der Waals surface area contributed by atoms with Crippen molar-refractivity contribution in [3.63, 3.8) is 0 Å². The van der Waals surface area contributed by atoms with E-state index in [1.54, 1.807) is 25.1 Å². The van der Waals surface area contributed by atoms with Gasteiger partial charge in [0.15, 0.2) is 11.5 Å². The van der Waals surface area contributed by atoms with Gasteiger partial charge in [0.25, 0.3) is 0 Å². The second-order valence-corrected chi connectivity index (χ2v) is 9.50.